The number of urea groups is 1. The highest BCUT2D eigenvalue weighted by Gasteiger charge is 2.03. The highest BCUT2D eigenvalue weighted by molar-refractivity contribution is 6.32. The molecular formula is C15H22ClN3O3. The van der Waals surface area contributed by atoms with Crippen LogP contribution in [0.3, 0.4) is 0 Å². The second-order valence-electron chi connectivity index (χ2n) is 4.73. The Bertz CT molecular complexity index is 483. The minimum atomic E-state index is -0.525. The number of nitrogens with two attached hydrogens (primary N) is 1. The lowest BCUT2D eigenvalue weighted by molar-refractivity contribution is -0.121. The fourth-order valence-electron chi connectivity index (χ4n) is 1.75. The highest BCUT2D eigenvalue weighted by atomic mass is 35.5. The number of primary amides is 1. The van der Waals surface area contributed by atoms with Crippen molar-refractivity contribution >= 4 is 23.5 Å². The number of rotatable bonds is 10. The molecule has 122 valence electrons. The normalized spacial score (nSPS) is 10.0. The van der Waals surface area contributed by atoms with Gasteiger partial charge in [-0.25, -0.2) is 4.79 Å². The first-order valence-corrected chi connectivity index (χ1v) is 7.64. The summed E-state index contributed by atoms with van der Waals surface area (Å²) in [6.07, 6.45) is 2.60. The Balaban J connectivity index is 2.00. The van der Waals surface area contributed by atoms with Crippen LogP contribution >= 0.6 is 11.6 Å². The van der Waals surface area contributed by atoms with E-state index in [9.17, 15) is 9.59 Å². The van der Waals surface area contributed by atoms with Gasteiger partial charge in [0.25, 0.3) is 0 Å². The Morgan fingerprint density at radius 2 is 1.77 bits per heavy atom. The summed E-state index contributed by atoms with van der Waals surface area (Å²) in [6, 6.07) is 6.71. The van der Waals surface area contributed by atoms with E-state index in [4.69, 9.17) is 22.1 Å². The van der Waals surface area contributed by atoms with E-state index in [1.165, 1.54) is 0 Å². The molecule has 0 aliphatic rings. The number of benzene rings is 1. The fourth-order valence-corrected chi connectivity index (χ4v) is 1.94. The molecule has 4 N–H and O–H groups in total. The Morgan fingerprint density at radius 3 is 2.45 bits per heavy atom. The topological polar surface area (TPSA) is 93.5 Å². The molecule has 0 atom stereocenters. The lowest BCUT2D eigenvalue weighted by atomic mass is 10.2. The van der Waals surface area contributed by atoms with E-state index in [0.717, 1.165) is 12.8 Å². The first kappa shape index (κ1) is 18.1. The summed E-state index contributed by atoms with van der Waals surface area (Å²) in [6.45, 7) is 1.56. The smallest absolute Gasteiger partial charge is 0.312 e. The Morgan fingerprint density at radius 1 is 1.09 bits per heavy atom. The minimum Gasteiger partial charge on any atom is -0.492 e. The molecule has 0 aliphatic heterocycles. The largest absolute Gasteiger partial charge is 0.492 e. The van der Waals surface area contributed by atoms with Crippen LogP contribution in [-0.2, 0) is 4.79 Å². The summed E-state index contributed by atoms with van der Waals surface area (Å²) in [4.78, 5) is 22.0. The summed E-state index contributed by atoms with van der Waals surface area (Å²) in [5.41, 5.74) is 4.93. The van der Waals surface area contributed by atoms with Crippen LogP contribution in [-0.4, -0.2) is 31.6 Å². The first-order valence-electron chi connectivity index (χ1n) is 7.27. The van der Waals surface area contributed by atoms with Crippen LogP contribution in [0.15, 0.2) is 24.3 Å². The van der Waals surface area contributed by atoms with Crippen molar-refractivity contribution in [3.05, 3.63) is 29.3 Å². The van der Waals surface area contributed by atoms with Gasteiger partial charge in [0, 0.05) is 19.5 Å². The zero-order chi connectivity index (χ0) is 16.2. The van der Waals surface area contributed by atoms with Gasteiger partial charge >= 0.3 is 6.03 Å². The van der Waals surface area contributed by atoms with E-state index < -0.39 is 6.03 Å². The fraction of sp³-hybridized carbons (Fsp3) is 0.467. The van der Waals surface area contributed by atoms with Gasteiger partial charge in [0.1, 0.15) is 5.75 Å². The number of hydrogen-bond acceptors (Lipinski definition) is 3. The van der Waals surface area contributed by atoms with Gasteiger partial charge in [-0.3, -0.25) is 4.79 Å². The molecular weight excluding hydrogens is 306 g/mol. The van der Waals surface area contributed by atoms with E-state index in [-0.39, 0.29) is 5.91 Å². The Hall–Kier alpha value is -1.95. The number of unbranched alkanes of at least 4 members (excludes halogenated alkanes) is 1. The summed E-state index contributed by atoms with van der Waals surface area (Å²) in [5.74, 6) is 0.622. The van der Waals surface area contributed by atoms with Gasteiger partial charge in [-0.05, 0) is 31.4 Å². The van der Waals surface area contributed by atoms with Gasteiger partial charge in [0.15, 0.2) is 0 Å². The molecule has 3 amide bonds. The van der Waals surface area contributed by atoms with Gasteiger partial charge in [0.05, 0.1) is 11.6 Å². The number of ether oxygens (including phenoxy) is 1. The molecule has 0 radical (unpaired) electrons. The lowest BCUT2D eigenvalue weighted by Gasteiger charge is -2.08. The van der Waals surface area contributed by atoms with Gasteiger partial charge in [0.2, 0.25) is 5.91 Å². The van der Waals surface area contributed by atoms with Crippen molar-refractivity contribution < 1.29 is 14.3 Å². The van der Waals surface area contributed by atoms with E-state index in [1.54, 1.807) is 12.1 Å². The van der Waals surface area contributed by atoms with Crippen molar-refractivity contribution in [3.63, 3.8) is 0 Å². The standard InChI is InChI=1S/C15H22ClN3O3/c16-12-6-1-2-7-13(12)22-11-5-8-14(20)18-9-3-4-10-19-15(17)21/h1-2,6-7H,3-5,8-11H2,(H,18,20)(H3,17,19,21). The SMILES string of the molecule is NC(=O)NCCCCNC(=O)CCCOc1ccccc1Cl. The molecule has 0 spiro atoms. The summed E-state index contributed by atoms with van der Waals surface area (Å²) in [7, 11) is 0. The molecule has 1 aromatic carbocycles. The summed E-state index contributed by atoms with van der Waals surface area (Å²) >= 11 is 5.96. The van der Waals surface area contributed by atoms with Crippen molar-refractivity contribution in [1.82, 2.24) is 10.6 Å². The van der Waals surface area contributed by atoms with Gasteiger partial charge in [-0.1, -0.05) is 23.7 Å². The maximum atomic E-state index is 11.6. The van der Waals surface area contributed by atoms with Crippen LogP contribution in [0.1, 0.15) is 25.7 Å². The second-order valence-corrected chi connectivity index (χ2v) is 5.14. The molecule has 0 bridgehead atoms. The molecule has 0 fully saturated rings. The van der Waals surface area contributed by atoms with Crippen LogP contribution in [0.4, 0.5) is 4.79 Å². The predicted molar refractivity (Wildman–Crippen MR) is 86.0 cm³/mol. The predicted octanol–water partition coefficient (Wildman–Crippen LogP) is 2.06. The zero-order valence-corrected chi connectivity index (χ0v) is 13.2. The van der Waals surface area contributed by atoms with Crippen LogP contribution < -0.4 is 21.1 Å². The van der Waals surface area contributed by atoms with E-state index in [2.05, 4.69) is 10.6 Å². The maximum Gasteiger partial charge on any atom is 0.312 e. The number of carbonyl (C=O) groups is 2. The highest BCUT2D eigenvalue weighted by Crippen LogP contribution is 2.23. The molecule has 0 saturated carbocycles. The molecule has 1 aromatic rings. The van der Waals surface area contributed by atoms with E-state index in [0.29, 0.717) is 43.3 Å². The minimum absolute atomic E-state index is 0.00869. The molecule has 0 aliphatic carbocycles. The average molecular weight is 328 g/mol. The molecule has 0 unspecified atom stereocenters. The number of halogens is 1. The molecule has 0 heterocycles. The third-order valence-electron chi connectivity index (χ3n) is 2.87. The first-order chi connectivity index (χ1) is 10.6. The number of carbonyl (C=O) groups excluding carboxylic acids is 2. The van der Waals surface area contributed by atoms with Crippen LogP contribution in [0.5, 0.6) is 5.75 Å². The zero-order valence-electron chi connectivity index (χ0n) is 12.4. The van der Waals surface area contributed by atoms with Crippen LogP contribution in [0, 0.1) is 0 Å². The molecule has 22 heavy (non-hydrogen) atoms. The van der Waals surface area contributed by atoms with Gasteiger partial charge in [-0.2, -0.15) is 0 Å². The average Bonchev–Trinajstić information content (AvgIpc) is 2.48. The Labute approximate surface area is 135 Å². The van der Waals surface area contributed by atoms with Crippen molar-refractivity contribution in [2.75, 3.05) is 19.7 Å². The van der Waals surface area contributed by atoms with Crippen LogP contribution in [0.25, 0.3) is 0 Å². The Kier molecular flexibility index (Phi) is 8.83. The molecule has 1 rings (SSSR count). The van der Waals surface area contributed by atoms with Crippen molar-refractivity contribution in [2.45, 2.75) is 25.7 Å². The summed E-state index contributed by atoms with van der Waals surface area (Å²) in [5, 5.41) is 5.88. The quantitative estimate of drug-likeness (QED) is 0.574. The molecule has 0 saturated heterocycles. The third-order valence-corrected chi connectivity index (χ3v) is 3.18. The lowest BCUT2D eigenvalue weighted by Crippen LogP contribution is -2.31. The van der Waals surface area contributed by atoms with Gasteiger partial charge in [-0.15, -0.1) is 0 Å². The van der Waals surface area contributed by atoms with E-state index >= 15 is 0 Å². The molecule has 6 nitrogen and oxygen atoms in total. The number of amides is 3. The van der Waals surface area contributed by atoms with Crippen molar-refractivity contribution in [1.29, 1.82) is 0 Å². The van der Waals surface area contributed by atoms with Crippen molar-refractivity contribution in [2.24, 2.45) is 5.73 Å². The van der Waals surface area contributed by atoms with E-state index in [1.807, 2.05) is 12.1 Å². The second kappa shape index (κ2) is 10.7. The molecule has 0 aromatic heterocycles. The third kappa shape index (κ3) is 8.36. The monoisotopic (exact) mass is 327 g/mol. The number of para-hydroxylation sites is 1. The summed E-state index contributed by atoms with van der Waals surface area (Å²) < 4.78 is 5.50. The van der Waals surface area contributed by atoms with Crippen molar-refractivity contribution in [3.8, 4) is 5.75 Å². The number of nitrogens with one attached hydrogen (secondary N) is 2. The maximum absolute atomic E-state index is 11.6. The van der Waals surface area contributed by atoms with Gasteiger partial charge < -0.3 is 21.1 Å². The van der Waals surface area contributed by atoms with Crippen LogP contribution in [0.2, 0.25) is 5.02 Å². The number of hydrogen-bond donors (Lipinski definition) is 3. The molecule has 7 heteroatoms.